The fourth-order valence-corrected chi connectivity index (χ4v) is 2.82. The van der Waals surface area contributed by atoms with E-state index in [1.165, 1.54) is 5.69 Å². The lowest BCUT2D eigenvalue weighted by Crippen LogP contribution is -3.00. The summed E-state index contributed by atoms with van der Waals surface area (Å²) < 4.78 is 2.94. The zero-order chi connectivity index (χ0) is 16.9. The molecule has 25 heavy (non-hydrogen) atoms. The fraction of sp³-hybridized carbons (Fsp3) is 0.471. The molecular weight excluding hydrogens is 377 g/mol. The van der Waals surface area contributed by atoms with Crippen molar-refractivity contribution >= 4 is 27.8 Å². The SMILES string of the molecule is CCN(CC[N+](C)(C)C)c1ccc(N=Nc2scc[n+]2C)cc1.[Cl-].[Cl-]. The van der Waals surface area contributed by atoms with Gasteiger partial charge in [0.05, 0.1) is 46.4 Å². The molecule has 0 aliphatic rings. The first-order valence-corrected chi connectivity index (χ1v) is 8.77. The van der Waals surface area contributed by atoms with Crippen LogP contribution in [-0.4, -0.2) is 45.3 Å². The molecule has 8 heteroatoms. The highest BCUT2D eigenvalue weighted by Gasteiger charge is 2.12. The second-order valence-electron chi connectivity index (χ2n) is 6.61. The largest absolute Gasteiger partial charge is 1.00 e. The summed E-state index contributed by atoms with van der Waals surface area (Å²) in [6.07, 6.45) is 1.98. The zero-order valence-corrected chi connectivity index (χ0v) is 17.8. The van der Waals surface area contributed by atoms with Gasteiger partial charge in [0.15, 0.2) is 0 Å². The Labute approximate surface area is 167 Å². The molecule has 2 aromatic rings. The Bertz CT molecular complexity index is 650. The molecule has 140 valence electrons. The maximum absolute atomic E-state index is 4.31. The lowest BCUT2D eigenvalue weighted by atomic mass is 10.2. The van der Waals surface area contributed by atoms with E-state index < -0.39 is 0 Å². The highest BCUT2D eigenvalue weighted by atomic mass is 35.5. The number of likely N-dealkylation sites (N-methyl/N-ethyl adjacent to an activating group) is 2. The smallest absolute Gasteiger partial charge is 0.408 e. The van der Waals surface area contributed by atoms with Crippen molar-refractivity contribution in [3.05, 3.63) is 35.8 Å². The summed E-state index contributed by atoms with van der Waals surface area (Å²) in [5, 5.41) is 11.5. The van der Waals surface area contributed by atoms with Gasteiger partial charge in [-0.1, -0.05) is 0 Å². The number of rotatable bonds is 7. The molecule has 0 saturated heterocycles. The minimum absolute atomic E-state index is 0. The van der Waals surface area contributed by atoms with Crippen molar-refractivity contribution in [2.24, 2.45) is 17.3 Å². The maximum Gasteiger partial charge on any atom is 0.408 e. The first-order chi connectivity index (χ1) is 10.9. The summed E-state index contributed by atoms with van der Waals surface area (Å²) >= 11 is 1.58. The number of hydrogen-bond donors (Lipinski definition) is 0. The third kappa shape index (κ3) is 7.69. The Kier molecular flexibility index (Phi) is 10.2. The van der Waals surface area contributed by atoms with Crippen LogP contribution in [0.1, 0.15) is 6.92 Å². The molecule has 0 saturated carbocycles. The van der Waals surface area contributed by atoms with E-state index in [1.54, 1.807) is 11.3 Å². The summed E-state index contributed by atoms with van der Waals surface area (Å²) in [6.45, 7) is 5.36. The molecule has 0 spiro atoms. The highest BCUT2D eigenvalue weighted by molar-refractivity contribution is 7.12. The second-order valence-corrected chi connectivity index (χ2v) is 7.48. The van der Waals surface area contributed by atoms with Gasteiger partial charge in [-0.3, -0.25) is 0 Å². The summed E-state index contributed by atoms with van der Waals surface area (Å²) in [5.74, 6) is 0. The first-order valence-electron chi connectivity index (χ1n) is 7.89. The molecule has 1 aromatic carbocycles. The lowest BCUT2D eigenvalue weighted by Gasteiger charge is -2.29. The van der Waals surface area contributed by atoms with Crippen LogP contribution >= 0.6 is 11.3 Å². The Morgan fingerprint density at radius 1 is 1.08 bits per heavy atom. The topological polar surface area (TPSA) is 31.8 Å². The lowest BCUT2D eigenvalue weighted by molar-refractivity contribution is -0.868. The van der Waals surface area contributed by atoms with Gasteiger partial charge in [0.2, 0.25) is 0 Å². The molecule has 0 radical (unpaired) electrons. The number of nitrogens with zero attached hydrogens (tertiary/aromatic N) is 5. The van der Waals surface area contributed by atoms with Crippen molar-refractivity contribution in [2.45, 2.75) is 6.92 Å². The van der Waals surface area contributed by atoms with Crippen LogP contribution in [0.5, 0.6) is 0 Å². The number of anilines is 1. The van der Waals surface area contributed by atoms with E-state index in [1.807, 2.05) is 35.3 Å². The molecule has 5 nitrogen and oxygen atoms in total. The van der Waals surface area contributed by atoms with Crippen molar-refractivity contribution < 1.29 is 33.9 Å². The molecule has 0 unspecified atom stereocenters. The Hall–Kier alpha value is -1.21. The van der Waals surface area contributed by atoms with Gasteiger partial charge in [0.25, 0.3) is 0 Å². The minimum atomic E-state index is 0. The zero-order valence-electron chi connectivity index (χ0n) is 15.5. The van der Waals surface area contributed by atoms with Crippen molar-refractivity contribution in [2.75, 3.05) is 45.7 Å². The monoisotopic (exact) mass is 403 g/mol. The molecular formula is C17H27Cl2N5S. The number of quaternary nitrogens is 1. The third-order valence-corrected chi connectivity index (χ3v) is 4.49. The van der Waals surface area contributed by atoms with Gasteiger partial charge in [-0.15, -0.1) is 0 Å². The van der Waals surface area contributed by atoms with Crippen LogP contribution in [0.15, 0.2) is 46.1 Å². The highest BCUT2D eigenvalue weighted by Crippen LogP contribution is 2.22. The van der Waals surface area contributed by atoms with E-state index in [-0.39, 0.29) is 24.8 Å². The minimum Gasteiger partial charge on any atom is -1.00 e. The fourth-order valence-electron chi connectivity index (χ4n) is 2.14. The van der Waals surface area contributed by atoms with E-state index in [2.05, 4.69) is 55.3 Å². The molecule has 1 aromatic heterocycles. The van der Waals surface area contributed by atoms with Crippen LogP contribution in [-0.2, 0) is 7.05 Å². The summed E-state index contributed by atoms with van der Waals surface area (Å²) in [5.41, 5.74) is 2.12. The van der Waals surface area contributed by atoms with E-state index in [0.29, 0.717) is 0 Å². The Balaban J connectivity index is 0.00000288. The van der Waals surface area contributed by atoms with Crippen LogP contribution in [0.4, 0.5) is 16.5 Å². The summed E-state index contributed by atoms with van der Waals surface area (Å²) in [6, 6.07) is 8.31. The third-order valence-electron chi connectivity index (χ3n) is 3.65. The number of benzene rings is 1. The van der Waals surface area contributed by atoms with Gasteiger partial charge < -0.3 is 34.2 Å². The number of aromatic nitrogens is 1. The van der Waals surface area contributed by atoms with Crippen molar-refractivity contribution in [1.82, 2.24) is 0 Å². The van der Waals surface area contributed by atoms with Crippen LogP contribution in [0.2, 0.25) is 0 Å². The van der Waals surface area contributed by atoms with Crippen LogP contribution in [0, 0.1) is 0 Å². The van der Waals surface area contributed by atoms with Crippen LogP contribution < -0.4 is 34.3 Å². The molecule has 0 atom stereocenters. The average molecular weight is 404 g/mol. The van der Waals surface area contributed by atoms with E-state index in [0.717, 1.165) is 34.9 Å². The standard InChI is InChI=1S/C17H27N5S.2ClH/c1-6-21(11-13-22(3,4)5)16-9-7-15(8-10-16)18-19-17-20(2)12-14-23-17;;/h7-10,12,14H,6,11,13H2,1-5H3;2*1H/q+2;;/p-2. The molecule has 0 amide bonds. The van der Waals surface area contributed by atoms with Crippen molar-refractivity contribution in [3.8, 4) is 0 Å². The molecule has 0 aliphatic heterocycles. The maximum atomic E-state index is 4.31. The van der Waals surface area contributed by atoms with Crippen molar-refractivity contribution in [3.63, 3.8) is 0 Å². The normalized spacial score (nSPS) is 11.1. The Morgan fingerprint density at radius 2 is 1.72 bits per heavy atom. The van der Waals surface area contributed by atoms with E-state index >= 15 is 0 Å². The van der Waals surface area contributed by atoms with Crippen LogP contribution in [0.25, 0.3) is 0 Å². The summed E-state index contributed by atoms with van der Waals surface area (Å²) in [4.78, 5) is 2.39. The number of aryl methyl sites for hydroxylation is 1. The predicted molar refractivity (Wildman–Crippen MR) is 96.9 cm³/mol. The Morgan fingerprint density at radius 3 is 2.20 bits per heavy atom. The van der Waals surface area contributed by atoms with Gasteiger partial charge in [0.1, 0.15) is 11.9 Å². The average Bonchev–Trinajstić information content (AvgIpc) is 2.91. The quantitative estimate of drug-likeness (QED) is 0.286. The van der Waals surface area contributed by atoms with E-state index in [4.69, 9.17) is 0 Å². The van der Waals surface area contributed by atoms with Gasteiger partial charge in [-0.25, -0.2) is 4.57 Å². The predicted octanol–water partition coefficient (Wildman–Crippen LogP) is -2.47. The van der Waals surface area contributed by atoms with Gasteiger partial charge in [-0.2, -0.15) is 0 Å². The molecule has 1 heterocycles. The first kappa shape index (κ1) is 23.8. The van der Waals surface area contributed by atoms with Gasteiger partial charge in [-0.05, 0) is 47.6 Å². The number of thiazole rings is 1. The van der Waals surface area contributed by atoms with Crippen molar-refractivity contribution in [1.29, 1.82) is 0 Å². The van der Waals surface area contributed by atoms with Gasteiger partial charge in [0, 0.05) is 17.6 Å². The molecule has 2 rings (SSSR count). The molecule has 0 N–H and O–H groups in total. The molecule has 0 aliphatic carbocycles. The number of halogens is 2. The number of hydrogen-bond acceptors (Lipinski definition) is 4. The molecule has 0 bridgehead atoms. The summed E-state index contributed by atoms with van der Waals surface area (Å²) in [7, 11) is 8.65. The van der Waals surface area contributed by atoms with Gasteiger partial charge >= 0.3 is 5.13 Å². The molecule has 0 fully saturated rings. The number of azo groups is 1. The van der Waals surface area contributed by atoms with E-state index in [9.17, 15) is 0 Å². The van der Waals surface area contributed by atoms with Crippen LogP contribution in [0.3, 0.4) is 0 Å². The second kappa shape index (κ2) is 10.7.